The Bertz CT molecular complexity index is 927. The second kappa shape index (κ2) is 18.6. The van der Waals surface area contributed by atoms with E-state index in [1.807, 2.05) is 36.6 Å². The molecule has 0 aliphatic carbocycles. The van der Waals surface area contributed by atoms with E-state index in [9.17, 15) is 24.0 Å². The number of esters is 2. The molecular weight excluding hydrogens is 518 g/mol. The number of ether oxygens (including phenoxy) is 2. The first-order chi connectivity index (χ1) is 18.4. The Labute approximate surface area is 237 Å². The number of rotatable bonds is 19. The van der Waals surface area contributed by atoms with E-state index in [-0.39, 0.29) is 49.4 Å². The number of nitrogens with one attached hydrogen (secondary N) is 1. The fourth-order valence-corrected chi connectivity index (χ4v) is 4.46. The summed E-state index contributed by atoms with van der Waals surface area (Å²) in [5.74, 6) is -1.66. The second-order valence-corrected chi connectivity index (χ2v) is 11.8. The maximum absolute atomic E-state index is 12.7. The van der Waals surface area contributed by atoms with Gasteiger partial charge in [0.2, 0.25) is 5.91 Å². The Kier molecular flexibility index (Phi) is 16.4. The van der Waals surface area contributed by atoms with Crippen LogP contribution in [0.1, 0.15) is 84.6 Å². The number of hydrogen-bond donors (Lipinski definition) is 1. The van der Waals surface area contributed by atoms with Crippen LogP contribution in [0.5, 0.6) is 0 Å². The maximum Gasteiger partial charge on any atom is 0.307 e. The summed E-state index contributed by atoms with van der Waals surface area (Å²) in [6.45, 7) is 6.86. The van der Waals surface area contributed by atoms with Crippen LogP contribution in [0, 0.1) is 11.8 Å². The van der Waals surface area contributed by atoms with E-state index in [0.29, 0.717) is 37.9 Å². The van der Waals surface area contributed by atoms with Crippen LogP contribution in [0.25, 0.3) is 0 Å². The topological polar surface area (TPSA) is 116 Å². The Balaban J connectivity index is 2.39. The molecule has 8 nitrogen and oxygen atoms in total. The molecular formula is C30H45NO7S. The van der Waals surface area contributed by atoms with Crippen molar-refractivity contribution in [3.8, 4) is 0 Å². The summed E-state index contributed by atoms with van der Waals surface area (Å²) < 4.78 is 10.6. The molecule has 9 heteroatoms. The maximum atomic E-state index is 12.7. The molecule has 0 fully saturated rings. The zero-order valence-corrected chi connectivity index (χ0v) is 24.9. The van der Waals surface area contributed by atoms with E-state index < -0.39 is 23.4 Å². The number of unbranched alkanes of at least 4 members (excludes halogenated alkanes) is 2. The highest BCUT2D eigenvalue weighted by Gasteiger charge is 2.26. The van der Waals surface area contributed by atoms with Crippen molar-refractivity contribution in [3.05, 3.63) is 35.9 Å². The van der Waals surface area contributed by atoms with Crippen LogP contribution in [0.15, 0.2) is 30.3 Å². The smallest absolute Gasteiger partial charge is 0.307 e. The van der Waals surface area contributed by atoms with Crippen molar-refractivity contribution >= 4 is 41.2 Å². The third-order valence-electron chi connectivity index (χ3n) is 6.06. The molecule has 0 aliphatic rings. The van der Waals surface area contributed by atoms with Gasteiger partial charge >= 0.3 is 11.9 Å². The van der Waals surface area contributed by atoms with Crippen molar-refractivity contribution in [1.82, 2.24) is 5.32 Å². The van der Waals surface area contributed by atoms with Crippen LogP contribution in [-0.4, -0.2) is 53.6 Å². The summed E-state index contributed by atoms with van der Waals surface area (Å²) in [5.41, 5.74) is 0.301. The molecule has 1 aromatic carbocycles. The summed E-state index contributed by atoms with van der Waals surface area (Å²) in [4.78, 5) is 61.5. The molecule has 1 N–H and O–H groups in total. The van der Waals surface area contributed by atoms with Gasteiger partial charge in [-0.2, -0.15) is 11.8 Å². The molecule has 0 heterocycles. The molecule has 2 atom stereocenters. The molecule has 0 radical (unpaired) electrons. The van der Waals surface area contributed by atoms with E-state index in [4.69, 9.17) is 9.47 Å². The number of carbonyl (C=O) groups is 5. The van der Waals surface area contributed by atoms with Gasteiger partial charge in [-0.3, -0.25) is 24.0 Å². The molecule has 0 saturated heterocycles. The summed E-state index contributed by atoms with van der Waals surface area (Å²) in [7, 11) is 0. The van der Waals surface area contributed by atoms with E-state index in [0.717, 1.165) is 12.0 Å². The fraction of sp³-hybridized carbons (Fsp3) is 0.633. The molecule has 0 unspecified atom stereocenters. The van der Waals surface area contributed by atoms with Crippen molar-refractivity contribution in [1.29, 1.82) is 0 Å². The lowest BCUT2D eigenvalue weighted by molar-refractivity contribution is -0.157. The SMILES string of the molecule is CSCC[C@H](CC(=O)OC(C)(C)C)C(=O)NCC(=O)C[C@@H](CCCCCC(=O)OCc1ccccc1)C(C)=O. The number of ketones is 2. The van der Waals surface area contributed by atoms with Gasteiger partial charge < -0.3 is 14.8 Å². The average Bonchev–Trinajstić information content (AvgIpc) is 2.86. The third-order valence-corrected chi connectivity index (χ3v) is 6.70. The fourth-order valence-electron chi connectivity index (χ4n) is 3.94. The van der Waals surface area contributed by atoms with Crippen LogP contribution in [-0.2, 0) is 40.1 Å². The van der Waals surface area contributed by atoms with Crippen LogP contribution in [0.3, 0.4) is 0 Å². The molecule has 0 aromatic heterocycles. The highest BCUT2D eigenvalue weighted by atomic mass is 32.2. The van der Waals surface area contributed by atoms with Crippen LogP contribution in [0.2, 0.25) is 0 Å². The van der Waals surface area contributed by atoms with Crippen molar-refractivity contribution in [3.63, 3.8) is 0 Å². The van der Waals surface area contributed by atoms with Gasteiger partial charge in [0.15, 0.2) is 5.78 Å². The zero-order valence-electron chi connectivity index (χ0n) is 24.1. The molecule has 0 saturated carbocycles. The summed E-state index contributed by atoms with van der Waals surface area (Å²) in [6.07, 6.45) is 5.38. The normalized spacial score (nSPS) is 12.7. The summed E-state index contributed by atoms with van der Waals surface area (Å²) in [5, 5.41) is 2.65. The predicted octanol–water partition coefficient (Wildman–Crippen LogP) is 5.06. The van der Waals surface area contributed by atoms with E-state index >= 15 is 0 Å². The van der Waals surface area contributed by atoms with Crippen LogP contribution >= 0.6 is 11.8 Å². The number of amides is 1. The Morgan fingerprint density at radius 3 is 2.21 bits per heavy atom. The van der Waals surface area contributed by atoms with Crippen LogP contribution < -0.4 is 5.32 Å². The molecule has 0 bridgehead atoms. The first-order valence-corrected chi connectivity index (χ1v) is 15.0. The molecule has 0 aliphatic heterocycles. The lowest BCUT2D eigenvalue weighted by Crippen LogP contribution is -2.37. The number of carbonyl (C=O) groups excluding carboxylic acids is 5. The first kappa shape index (κ1) is 34.3. The minimum absolute atomic E-state index is 0.0479. The van der Waals surface area contributed by atoms with Crippen LogP contribution in [0.4, 0.5) is 0 Å². The van der Waals surface area contributed by atoms with E-state index in [1.165, 1.54) is 6.92 Å². The van der Waals surface area contributed by atoms with Gasteiger partial charge in [-0.15, -0.1) is 0 Å². The van der Waals surface area contributed by atoms with Crippen molar-refractivity contribution in [2.24, 2.45) is 11.8 Å². The molecule has 0 spiro atoms. The van der Waals surface area contributed by atoms with E-state index in [2.05, 4.69) is 5.32 Å². The first-order valence-electron chi connectivity index (χ1n) is 13.6. The molecule has 39 heavy (non-hydrogen) atoms. The van der Waals surface area contributed by atoms with Crippen molar-refractivity contribution in [2.75, 3.05) is 18.6 Å². The minimum atomic E-state index is -0.638. The standard InChI is InChI=1S/C30H45NO7S/c1-22(32)24(14-10-7-11-15-27(34)37-21-23-12-8-6-9-13-23)18-26(33)20-31-29(36)25(16-17-39-5)19-28(35)38-30(2,3)4/h6,8-9,12-13,24-25H,7,10-11,14-21H2,1-5H3,(H,31,36)/t24-,25-/m1/s1. The van der Waals surface area contributed by atoms with Crippen molar-refractivity contribution in [2.45, 2.75) is 91.3 Å². The lowest BCUT2D eigenvalue weighted by Gasteiger charge is -2.22. The number of thioether (sulfide) groups is 1. The Hall–Kier alpha value is -2.68. The Morgan fingerprint density at radius 1 is 0.897 bits per heavy atom. The largest absolute Gasteiger partial charge is 0.461 e. The predicted molar refractivity (Wildman–Crippen MR) is 153 cm³/mol. The highest BCUT2D eigenvalue weighted by molar-refractivity contribution is 7.98. The van der Waals surface area contributed by atoms with Gasteiger partial charge in [0.1, 0.15) is 18.0 Å². The summed E-state index contributed by atoms with van der Waals surface area (Å²) in [6, 6.07) is 9.49. The number of hydrogen-bond acceptors (Lipinski definition) is 8. The van der Waals surface area contributed by atoms with Gasteiger partial charge in [-0.25, -0.2) is 0 Å². The third kappa shape index (κ3) is 16.8. The Morgan fingerprint density at radius 2 is 1.59 bits per heavy atom. The molecule has 218 valence electrons. The minimum Gasteiger partial charge on any atom is -0.461 e. The van der Waals surface area contributed by atoms with Gasteiger partial charge in [-0.05, 0) is 64.5 Å². The van der Waals surface area contributed by atoms with E-state index in [1.54, 1.807) is 32.5 Å². The molecule has 1 rings (SSSR count). The zero-order chi connectivity index (χ0) is 29.3. The van der Waals surface area contributed by atoms with Gasteiger partial charge in [0.25, 0.3) is 0 Å². The number of benzene rings is 1. The monoisotopic (exact) mass is 563 g/mol. The average molecular weight is 564 g/mol. The number of Topliss-reactive ketones (excluding diaryl/α,β-unsaturated/α-hetero) is 2. The highest BCUT2D eigenvalue weighted by Crippen LogP contribution is 2.18. The van der Waals surface area contributed by atoms with Gasteiger partial charge in [0, 0.05) is 24.7 Å². The molecule has 1 amide bonds. The second-order valence-electron chi connectivity index (χ2n) is 10.8. The lowest BCUT2D eigenvalue weighted by atomic mass is 9.92. The quantitative estimate of drug-likeness (QED) is 0.183. The van der Waals surface area contributed by atoms with Gasteiger partial charge in [0.05, 0.1) is 13.0 Å². The summed E-state index contributed by atoms with van der Waals surface area (Å²) >= 11 is 1.58. The van der Waals surface area contributed by atoms with Gasteiger partial charge in [-0.1, -0.05) is 43.2 Å². The molecule has 1 aromatic rings. The van der Waals surface area contributed by atoms with Crippen molar-refractivity contribution < 1.29 is 33.4 Å².